The van der Waals surface area contributed by atoms with E-state index in [9.17, 15) is 9.59 Å². The van der Waals surface area contributed by atoms with E-state index in [0.29, 0.717) is 31.7 Å². The third-order valence-corrected chi connectivity index (χ3v) is 6.00. The van der Waals surface area contributed by atoms with Crippen molar-refractivity contribution >= 4 is 22.8 Å². The Morgan fingerprint density at radius 1 is 1.00 bits per heavy atom. The van der Waals surface area contributed by atoms with Gasteiger partial charge in [-0.25, -0.2) is 4.79 Å². The second kappa shape index (κ2) is 10.2. The minimum Gasteiger partial charge on any atom is -0.323 e. The van der Waals surface area contributed by atoms with Gasteiger partial charge in [-0.05, 0) is 48.9 Å². The van der Waals surface area contributed by atoms with Gasteiger partial charge in [0, 0.05) is 19.3 Å². The molecule has 33 heavy (non-hydrogen) atoms. The van der Waals surface area contributed by atoms with E-state index in [0.717, 1.165) is 31.2 Å². The van der Waals surface area contributed by atoms with Crippen molar-refractivity contribution in [3.05, 3.63) is 79.5 Å². The predicted octanol–water partition coefficient (Wildman–Crippen LogP) is 3.92. The summed E-state index contributed by atoms with van der Waals surface area (Å²) < 4.78 is 4.76. The number of halogens is 1. The Balaban J connectivity index is 1.47. The summed E-state index contributed by atoms with van der Waals surface area (Å²) in [5.74, 6) is 0. The zero-order valence-electron chi connectivity index (χ0n) is 19.1. The number of nitrogens with zero attached hydrogens (tertiary/aromatic N) is 5. The highest BCUT2D eigenvalue weighted by molar-refractivity contribution is 6.28. The van der Waals surface area contributed by atoms with Gasteiger partial charge in [0.1, 0.15) is 0 Å². The Morgan fingerprint density at radius 3 is 2.52 bits per heavy atom. The molecule has 0 spiro atoms. The summed E-state index contributed by atoms with van der Waals surface area (Å²) >= 11 is 6.01. The highest BCUT2D eigenvalue weighted by atomic mass is 35.5. The van der Waals surface area contributed by atoms with Crippen molar-refractivity contribution in [3.8, 4) is 0 Å². The normalized spacial score (nSPS) is 11.5. The van der Waals surface area contributed by atoms with Crippen molar-refractivity contribution < 1.29 is 0 Å². The Morgan fingerprint density at radius 2 is 1.76 bits per heavy atom. The maximum absolute atomic E-state index is 13.1. The first kappa shape index (κ1) is 23.0. The van der Waals surface area contributed by atoms with Crippen LogP contribution in [0.3, 0.4) is 0 Å². The van der Waals surface area contributed by atoms with E-state index in [4.69, 9.17) is 11.6 Å². The summed E-state index contributed by atoms with van der Waals surface area (Å²) in [6, 6.07) is 8.39. The van der Waals surface area contributed by atoms with Crippen molar-refractivity contribution in [1.29, 1.82) is 0 Å². The van der Waals surface area contributed by atoms with Crippen LogP contribution in [0.15, 0.2) is 46.2 Å². The average molecular weight is 469 g/mol. The van der Waals surface area contributed by atoms with Gasteiger partial charge >= 0.3 is 5.69 Å². The lowest BCUT2D eigenvalue weighted by Gasteiger charge is -2.11. The number of benzene rings is 1. The van der Waals surface area contributed by atoms with Gasteiger partial charge in [-0.1, -0.05) is 49.6 Å². The van der Waals surface area contributed by atoms with Crippen molar-refractivity contribution in [2.45, 2.75) is 65.6 Å². The molecule has 1 aromatic carbocycles. The molecule has 4 rings (SSSR count). The zero-order chi connectivity index (χ0) is 23.4. The molecular weight excluding hydrogens is 440 g/mol. The minimum atomic E-state index is -0.379. The third-order valence-electron chi connectivity index (χ3n) is 5.82. The fourth-order valence-electron chi connectivity index (χ4n) is 4.00. The van der Waals surface area contributed by atoms with Crippen molar-refractivity contribution in [3.63, 3.8) is 0 Å². The molecule has 0 aliphatic heterocycles. The summed E-state index contributed by atoms with van der Waals surface area (Å²) in [5, 5.41) is 4.56. The van der Waals surface area contributed by atoms with E-state index >= 15 is 0 Å². The SMILES string of the molecule is CCCCCn1c(=O)n(CCCc2cnn(Cc3ccc(C)cc3)c2)c(=O)c2[nH]c(Cl)nc21. The van der Waals surface area contributed by atoms with Gasteiger partial charge < -0.3 is 4.98 Å². The molecule has 0 saturated heterocycles. The van der Waals surface area contributed by atoms with Crippen LogP contribution in [0.5, 0.6) is 0 Å². The van der Waals surface area contributed by atoms with E-state index in [1.165, 1.54) is 15.7 Å². The quantitative estimate of drug-likeness (QED) is 0.282. The van der Waals surface area contributed by atoms with Crippen LogP contribution in [0.1, 0.15) is 49.3 Å². The van der Waals surface area contributed by atoms with Crippen LogP contribution < -0.4 is 11.2 Å². The van der Waals surface area contributed by atoms with Crippen LogP contribution in [0.4, 0.5) is 0 Å². The molecule has 0 aliphatic carbocycles. The number of aryl methyl sites for hydroxylation is 3. The Bertz CT molecular complexity index is 1350. The van der Waals surface area contributed by atoms with Gasteiger partial charge in [-0.15, -0.1) is 0 Å². The fourth-order valence-corrected chi connectivity index (χ4v) is 4.18. The van der Waals surface area contributed by atoms with Crippen LogP contribution in [-0.2, 0) is 26.1 Å². The number of aromatic amines is 1. The molecule has 4 aromatic rings. The van der Waals surface area contributed by atoms with E-state index < -0.39 is 0 Å². The highest BCUT2D eigenvalue weighted by Crippen LogP contribution is 2.12. The first-order valence-corrected chi connectivity index (χ1v) is 11.8. The predicted molar refractivity (Wildman–Crippen MR) is 130 cm³/mol. The Kier molecular flexibility index (Phi) is 7.13. The monoisotopic (exact) mass is 468 g/mol. The molecule has 3 aromatic heterocycles. The maximum Gasteiger partial charge on any atom is 0.332 e. The Hall–Kier alpha value is -3.13. The molecule has 174 valence electrons. The maximum atomic E-state index is 13.1. The van der Waals surface area contributed by atoms with Crippen LogP contribution in [-0.4, -0.2) is 28.9 Å². The van der Waals surface area contributed by atoms with Gasteiger partial charge in [-0.3, -0.25) is 18.6 Å². The third kappa shape index (κ3) is 5.27. The Labute approximate surface area is 196 Å². The first-order valence-electron chi connectivity index (χ1n) is 11.4. The summed E-state index contributed by atoms with van der Waals surface area (Å²) in [4.78, 5) is 33.0. The van der Waals surface area contributed by atoms with E-state index in [1.54, 1.807) is 4.57 Å². The standard InChI is InChI=1S/C24H29ClN6O2/c1-3-4-5-12-30-21-20(27-23(25)28-21)22(32)31(24(30)33)13-6-7-19-14-26-29(16-19)15-18-10-8-17(2)9-11-18/h8-11,14,16H,3-7,12-13,15H2,1-2H3,(H,27,28). The van der Waals surface area contributed by atoms with Crippen LogP contribution in [0.2, 0.25) is 5.28 Å². The van der Waals surface area contributed by atoms with E-state index in [-0.39, 0.29) is 22.0 Å². The number of aromatic nitrogens is 6. The van der Waals surface area contributed by atoms with Gasteiger partial charge in [0.25, 0.3) is 5.56 Å². The largest absolute Gasteiger partial charge is 0.332 e. The molecule has 3 heterocycles. The smallest absolute Gasteiger partial charge is 0.323 e. The number of H-pyrrole nitrogens is 1. The second-order valence-electron chi connectivity index (χ2n) is 8.46. The molecule has 0 radical (unpaired) electrons. The molecular formula is C24H29ClN6O2. The summed E-state index contributed by atoms with van der Waals surface area (Å²) in [6.07, 6.45) is 8.11. The molecule has 0 saturated carbocycles. The van der Waals surface area contributed by atoms with Gasteiger partial charge in [0.15, 0.2) is 11.2 Å². The molecule has 1 N–H and O–H groups in total. The van der Waals surface area contributed by atoms with Crippen LogP contribution >= 0.6 is 11.6 Å². The van der Waals surface area contributed by atoms with Gasteiger partial charge in [-0.2, -0.15) is 10.1 Å². The number of hydrogen-bond acceptors (Lipinski definition) is 4. The number of rotatable bonds is 10. The van der Waals surface area contributed by atoms with Gasteiger partial charge in [0.2, 0.25) is 5.28 Å². The summed E-state index contributed by atoms with van der Waals surface area (Å²) in [6.45, 7) is 5.71. The summed E-state index contributed by atoms with van der Waals surface area (Å²) in [5.41, 5.74) is 3.40. The topological polar surface area (TPSA) is 90.5 Å². The van der Waals surface area contributed by atoms with Crippen LogP contribution in [0.25, 0.3) is 11.2 Å². The molecule has 0 bridgehead atoms. The van der Waals surface area contributed by atoms with E-state index in [1.807, 2.05) is 17.1 Å². The average Bonchev–Trinajstić information content (AvgIpc) is 3.41. The van der Waals surface area contributed by atoms with Crippen LogP contribution in [0, 0.1) is 6.92 Å². The molecule has 0 atom stereocenters. The number of unbranched alkanes of at least 4 members (excludes halogenated alkanes) is 2. The molecule has 0 unspecified atom stereocenters. The van der Waals surface area contributed by atoms with E-state index in [2.05, 4.69) is 53.2 Å². The second-order valence-corrected chi connectivity index (χ2v) is 8.82. The lowest BCUT2D eigenvalue weighted by Crippen LogP contribution is -2.40. The summed E-state index contributed by atoms with van der Waals surface area (Å²) in [7, 11) is 0. The van der Waals surface area contributed by atoms with Gasteiger partial charge in [0.05, 0.1) is 12.7 Å². The van der Waals surface area contributed by atoms with Crippen molar-refractivity contribution in [2.24, 2.45) is 0 Å². The number of imidazole rings is 1. The molecule has 0 amide bonds. The highest BCUT2D eigenvalue weighted by Gasteiger charge is 2.16. The lowest BCUT2D eigenvalue weighted by molar-refractivity contribution is 0.526. The van der Waals surface area contributed by atoms with Crippen molar-refractivity contribution in [2.75, 3.05) is 0 Å². The molecule has 0 aliphatic rings. The fraction of sp³-hybridized carbons (Fsp3) is 0.417. The minimum absolute atomic E-state index is 0.115. The zero-order valence-corrected chi connectivity index (χ0v) is 19.8. The van der Waals surface area contributed by atoms with Crippen molar-refractivity contribution in [1.82, 2.24) is 28.9 Å². The molecule has 9 heteroatoms. The first-order chi connectivity index (χ1) is 16.0. The molecule has 8 nitrogen and oxygen atoms in total. The number of fused-ring (bicyclic) bond motifs is 1. The number of hydrogen-bond donors (Lipinski definition) is 1. The molecule has 0 fully saturated rings. The number of nitrogens with one attached hydrogen (secondary N) is 1. The lowest BCUT2D eigenvalue weighted by atomic mass is 10.1.